The van der Waals surface area contributed by atoms with Gasteiger partial charge in [-0.1, -0.05) is 152 Å². The summed E-state index contributed by atoms with van der Waals surface area (Å²) in [6.07, 6.45) is 0. The summed E-state index contributed by atoms with van der Waals surface area (Å²) in [5.74, 6) is 1.49. The van der Waals surface area contributed by atoms with Crippen LogP contribution < -0.4 is 0 Å². The van der Waals surface area contributed by atoms with Crippen LogP contribution in [0.4, 0.5) is 0 Å². The molecule has 2 heterocycles. The summed E-state index contributed by atoms with van der Waals surface area (Å²) in [6.45, 7) is 0. The Morgan fingerprint density at radius 3 is 1.88 bits per heavy atom. The van der Waals surface area contributed by atoms with Crippen molar-refractivity contribution >= 4 is 43.3 Å². The van der Waals surface area contributed by atoms with Crippen molar-refractivity contribution in [2.24, 2.45) is 0 Å². The molecule has 0 spiro atoms. The molecule has 0 aliphatic heterocycles. The van der Waals surface area contributed by atoms with Gasteiger partial charge in [-0.25, -0.2) is 9.97 Å². The van der Waals surface area contributed by atoms with Crippen LogP contribution in [-0.4, -0.2) is 9.97 Å². The number of hydrogen-bond acceptors (Lipinski definition) is 3. The summed E-state index contributed by atoms with van der Waals surface area (Å²) in [4.78, 5) is 10.4. The fraction of sp³-hybridized carbons (Fsp3) is 0. The molecule has 0 unspecified atom stereocenters. The molecule has 0 radical (unpaired) electrons. The zero-order chi connectivity index (χ0) is 33.7. The number of rotatable bonds is 5. The molecule has 3 nitrogen and oxygen atoms in total. The van der Waals surface area contributed by atoms with Gasteiger partial charge in [0.15, 0.2) is 5.82 Å². The Kier molecular flexibility index (Phi) is 6.81. The normalized spacial score (nSPS) is 11.5. The Hall–Kier alpha value is -6.84. The van der Waals surface area contributed by atoms with Crippen molar-refractivity contribution in [3.8, 4) is 56.4 Å². The summed E-state index contributed by atoms with van der Waals surface area (Å²) in [7, 11) is 0. The summed E-state index contributed by atoms with van der Waals surface area (Å²) >= 11 is 0. The summed E-state index contributed by atoms with van der Waals surface area (Å²) < 4.78 is 6.36. The second-order valence-electron chi connectivity index (χ2n) is 13.0. The van der Waals surface area contributed by atoms with E-state index in [1.165, 1.54) is 37.9 Å². The Labute approximate surface area is 295 Å². The van der Waals surface area contributed by atoms with Crippen LogP contribution in [0.25, 0.3) is 99.6 Å². The van der Waals surface area contributed by atoms with E-state index in [1.807, 2.05) is 42.5 Å². The topological polar surface area (TPSA) is 38.9 Å². The molecular formula is C48H30N2O. The molecule has 0 atom stereocenters. The molecule has 0 saturated carbocycles. The average Bonchev–Trinajstić information content (AvgIpc) is 3.65. The molecule has 0 aliphatic rings. The summed E-state index contributed by atoms with van der Waals surface area (Å²) in [6, 6.07) is 63.9. The van der Waals surface area contributed by atoms with Crippen LogP contribution in [0.3, 0.4) is 0 Å². The standard InChI is InChI=1S/C48H30N2O/c1-2-14-32(15-3-1)48-49-43(30-44(50-48)39-22-9-10-23-40(39)46-29-35-17-6-11-24-45(35)51-46)34-18-12-19-36(27-34)47-38-21-8-5-16-33(38)28-42-37-20-7-4-13-31(37)25-26-41(42)47/h1-30H. The highest BCUT2D eigenvalue weighted by Gasteiger charge is 2.18. The van der Waals surface area contributed by atoms with E-state index in [2.05, 4.69) is 140 Å². The molecule has 0 aliphatic carbocycles. The van der Waals surface area contributed by atoms with Crippen LogP contribution in [0.5, 0.6) is 0 Å². The van der Waals surface area contributed by atoms with Gasteiger partial charge in [-0.2, -0.15) is 0 Å². The third-order valence-electron chi connectivity index (χ3n) is 9.87. The van der Waals surface area contributed by atoms with Crippen LogP contribution in [0.1, 0.15) is 0 Å². The molecule has 10 rings (SSSR count). The predicted molar refractivity (Wildman–Crippen MR) is 212 cm³/mol. The largest absolute Gasteiger partial charge is 0.456 e. The van der Waals surface area contributed by atoms with E-state index in [0.717, 1.165) is 55.9 Å². The van der Waals surface area contributed by atoms with Gasteiger partial charge in [-0.05, 0) is 73.8 Å². The van der Waals surface area contributed by atoms with Crippen LogP contribution in [0, 0.1) is 0 Å². The van der Waals surface area contributed by atoms with Gasteiger partial charge in [-0.15, -0.1) is 0 Å². The lowest BCUT2D eigenvalue weighted by atomic mass is 9.89. The fourth-order valence-electron chi connectivity index (χ4n) is 7.45. The monoisotopic (exact) mass is 650 g/mol. The number of fused-ring (bicyclic) bond motifs is 5. The molecule has 0 N–H and O–H groups in total. The number of furan rings is 1. The molecular weight excluding hydrogens is 621 g/mol. The Morgan fingerprint density at radius 2 is 1.02 bits per heavy atom. The molecule has 238 valence electrons. The summed E-state index contributed by atoms with van der Waals surface area (Å²) in [5.41, 5.74) is 8.89. The molecule has 0 bridgehead atoms. The van der Waals surface area contributed by atoms with Gasteiger partial charge < -0.3 is 4.42 Å². The molecule has 10 aromatic rings. The third kappa shape index (κ3) is 5.06. The quantitative estimate of drug-likeness (QED) is 0.137. The Balaban J connectivity index is 1.18. The van der Waals surface area contributed by atoms with Crippen molar-refractivity contribution in [3.63, 3.8) is 0 Å². The second-order valence-corrected chi connectivity index (χ2v) is 13.0. The zero-order valence-corrected chi connectivity index (χ0v) is 27.6. The first-order valence-corrected chi connectivity index (χ1v) is 17.2. The first-order chi connectivity index (χ1) is 25.3. The van der Waals surface area contributed by atoms with Crippen molar-refractivity contribution in [2.45, 2.75) is 0 Å². The highest BCUT2D eigenvalue weighted by Crippen LogP contribution is 2.41. The Bertz CT molecular complexity index is 2890. The van der Waals surface area contributed by atoms with Gasteiger partial charge in [0.05, 0.1) is 11.4 Å². The molecule has 2 aromatic heterocycles. The maximum Gasteiger partial charge on any atom is 0.160 e. The third-order valence-corrected chi connectivity index (χ3v) is 9.87. The number of nitrogens with zero attached hydrogens (tertiary/aromatic N) is 2. The molecule has 0 saturated heterocycles. The van der Waals surface area contributed by atoms with Crippen LogP contribution in [0.2, 0.25) is 0 Å². The van der Waals surface area contributed by atoms with E-state index < -0.39 is 0 Å². The number of aromatic nitrogens is 2. The molecule has 3 heteroatoms. The van der Waals surface area contributed by atoms with Gasteiger partial charge in [0.25, 0.3) is 0 Å². The minimum atomic E-state index is 0.676. The van der Waals surface area contributed by atoms with Crippen LogP contribution >= 0.6 is 0 Å². The summed E-state index contributed by atoms with van der Waals surface area (Å²) in [5, 5.41) is 8.51. The van der Waals surface area contributed by atoms with Crippen LogP contribution in [-0.2, 0) is 0 Å². The van der Waals surface area contributed by atoms with Crippen molar-refractivity contribution in [1.82, 2.24) is 9.97 Å². The first kappa shape index (κ1) is 29.1. The number of benzene rings is 8. The number of para-hydroxylation sites is 1. The maximum atomic E-state index is 6.36. The highest BCUT2D eigenvalue weighted by molar-refractivity contribution is 6.20. The van der Waals surface area contributed by atoms with Crippen molar-refractivity contribution in [3.05, 3.63) is 182 Å². The van der Waals surface area contributed by atoms with Gasteiger partial charge in [0, 0.05) is 27.6 Å². The predicted octanol–water partition coefficient (Wildman–Crippen LogP) is 13.0. The lowest BCUT2D eigenvalue weighted by molar-refractivity contribution is 0.632. The van der Waals surface area contributed by atoms with E-state index in [0.29, 0.717) is 5.82 Å². The van der Waals surface area contributed by atoms with Crippen molar-refractivity contribution < 1.29 is 4.42 Å². The lowest BCUT2D eigenvalue weighted by Gasteiger charge is -2.15. The molecule has 0 amide bonds. The minimum Gasteiger partial charge on any atom is -0.456 e. The second kappa shape index (κ2) is 11.9. The Morgan fingerprint density at radius 1 is 0.353 bits per heavy atom. The van der Waals surface area contributed by atoms with Gasteiger partial charge in [-0.3, -0.25) is 0 Å². The van der Waals surface area contributed by atoms with E-state index >= 15 is 0 Å². The zero-order valence-electron chi connectivity index (χ0n) is 27.6. The first-order valence-electron chi connectivity index (χ1n) is 17.2. The highest BCUT2D eigenvalue weighted by atomic mass is 16.3. The van der Waals surface area contributed by atoms with Gasteiger partial charge >= 0.3 is 0 Å². The fourth-order valence-corrected chi connectivity index (χ4v) is 7.45. The van der Waals surface area contributed by atoms with E-state index in [1.54, 1.807) is 0 Å². The number of hydrogen-bond donors (Lipinski definition) is 0. The van der Waals surface area contributed by atoms with Crippen molar-refractivity contribution in [1.29, 1.82) is 0 Å². The SMILES string of the molecule is c1ccc(-c2nc(-c3cccc(-c4c5ccccc5cc5c4ccc4ccccc45)c3)cc(-c3ccccc3-c3cc4ccccc4o3)n2)cc1. The van der Waals surface area contributed by atoms with Crippen LogP contribution in [0.15, 0.2) is 186 Å². The smallest absolute Gasteiger partial charge is 0.160 e. The molecule has 51 heavy (non-hydrogen) atoms. The van der Waals surface area contributed by atoms with E-state index in [4.69, 9.17) is 14.4 Å². The lowest BCUT2D eigenvalue weighted by Crippen LogP contribution is -1.97. The van der Waals surface area contributed by atoms with Crippen molar-refractivity contribution in [2.75, 3.05) is 0 Å². The minimum absolute atomic E-state index is 0.676. The molecule has 8 aromatic carbocycles. The van der Waals surface area contributed by atoms with Gasteiger partial charge in [0.2, 0.25) is 0 Å². The molecule has 0 fully saturated rings. The van der Waals surface area contributed by atoms with Gasteiger partial charge in [0.1, 0.15) is 11.3 Å². The maximum absolute atomic E-state index is 6.36. The van der Waals surface area contributed by atoms with E-state index in [9.17, 15) is 0 Å². The average molecular weight is 651 g/mol. The van der Waals surface area contributed by atoms with E-state index in [-0.39, 0.29) is 0 Å².